The van der Waals surface area contributed by atoms with Crippen molar-refractivity contribution in [3.63, 3.8) is 0 Å². The highest BCUT2D eigenvalue weighted by Gasteiger charge is 2.46. The summed E-state index contributed by atoms with van der Waals surface area (Å²) >= 11 is 0. The molecule has 1 amide bonds. The molecule has 7 nitrogen and oxygen atoms in total. The molecule has 4 heterocycles. The maximum absolute atomic E-state index is 12.8. The largest absolute Gasteiger partial charge is 0.466 e. The molecule has 26 heavy (non-hydrogen) atoms. The van der Waals surface area contributed by atoms with Gasteiger partial charge in [0, 0.05) is 26.6 Å². The molecule has 1 atom stereocenters. The number of amides is 1. The summed E-state index contributed by atoms with van der Waals surface area (Å²) in [7, 11) is 2.13. The number of nitrogens with zero attached hydrogens (tertiary/aromatic N) is 4. The van der Waals surface area contributed by atoms with Gasteiger partial charge < -0.3 is 13.8 Å². The maximum Gasteiger partial charge on any atom is 0.257 e. The van der Waals surface area contributed by atoms with Gasteiger partial charge >= 0.3 is 0 Å². The monoisotopic (exact) mass is 358 g/mol. The third kappa shape index (κ3) is 2.94. The fraction of sp³-hybridized carbons (Fsp3) is 0.632. The van der Waals surface area contributed by atoms with Crippen molar-refractivity contribution in [1.29, 1.82) is 0 Å². The van der Waals surface area contributed by atoms with Crippen LogP contribution in [-0.4, -0.2) is 52.5 Å². The molecule has 0 aromatic carbocycles. The van der Waals surface area contributed by atoms with E-state index >= 15 is 0 Å². The molecular formula is C19H26N4O3. The highest BCUT2D eigenvalue weighted by Crippen LogP contribution is 2.47. The Morgan fingerprint density at radius 2 is 2.00 bits per heavy atom. The van der Waals surface area contributed by atoms with Crippen molar-refractivity contribution in [1.82, 2.24) is 19.9 Å². The zero-order valence-electron chi connectivity index (χ0n) is 15.9. The number of likely N-dealkylation sites (tertiary alicyclic amines) is 2. The Labute approximate surface area is 153 Å². The molecule has 2 aromatic heterocycles. The lowest BCUT2D eigenvalue weighted by molar-refractivity contribution is 0.0591. The van der Waals surface area contributed by atoms with Gasteiger partial charge in [-0.05, 0) is 51.6 Å². The second kappa shape index (κ2) is 6.23. The first-order valence-corrected chi connectivity index (χ1v) is 9.24. The summed E-state index contributed by atoms with van der Waals surface area (Å²) in [5.41, 5.74) is 0.925. The Morgan fingerprint density at radius 1 is 1.27 bits per heavy atom. The van der Waals surface area contributed by atoms with Crippen LogP contribution in [0.1, 0.15) is 58.9 Å². The second-order valence-corrected chi connectivity index (χ2v) is 7.93. The molecule has 4 rings (SSSR count). The molecule has 0 aliphatic carbocycles. The quantitative estimate of drug-likeness (QED) is 0.822. The van der Waals surface area contributed by atoms with E-state index in [1.165, 1.54) is 0 Å². The Morgan fingerprint density at radius 3 is 2.58 bits per heavy atom. The predicted octanol–water partition coefficient (Wildman–Crippen LogP) is 2.89. The molecule has 2 aliphatic heterocycles. The number of hydrogen-bond donors (Lipinski definition) is 0. The molecule has 0 bridgehead atoms. The SMILES string of the molecule is Cc1cc(C(=O)N2CCC3(CC2)CC(c2noc(C)n2)N(C)C3)c(C)o1. The average molecular weight is 358 g/mol. The van der Waals surface area contributed by atoms with Crippen molar-refractivity contribution in [2.24, 2.45) is 5.41 Å². The summed E-state index contributed by atoms with van der Waals surface area (Å²) in [5.74, 6) is 2.98. The number of hydrogen-bond acceptors (Lipinski definition) is 6. The van der Waals surface area contributed by atoms with Gasteiger partial charge in [0.25, 0.3) is 5.91 Å². The minimum atomic E-state index is 0.0888. The first-order valence-electron chi connectivity index (χ1n) is 9.24. The first kappa shape index (κ1) is 17.3. The molecular weight excluding hydrogens is 332 g/mol. The topological polar surface area (TPSA) is 75.6 Å². The summed E-state index contributed by atoms with van der Waals surface area (Å²) in [6.07, 6.45) is 3.03. The van der Waals surface area contributed by atoms with Crippen LogP contribution < -0.4 is 0 Å². The van der Waals surface area contributed by atoms with Crippen LogP contribution in [-0.2, 0) is 0 Å². The zero-order valence-corrected chi connectivity index (χ0v) is 15.9. The van der Waals surface area contributed by atoms with Gasteiger partial charge in [-0.3, -0.25) is 9.69 Å². The van der Waals surface area contributed by atoms with Crippen LogP contribution >= 0.6 is 0 Å². The van der Waals surface area contributed by atoms with Crippen molar-refractivity contribution in [2.45, 2.75) is 46.1 Å². The van der Waals surface area contributed by atoms with Crippen molar-refractivity contribution in [2.75, 3.05) is 26.7 Å². The highest BCUT2D eigenvalue weighted by molar-refractivity contribution is 5.95. The zero-order chi connectivity index (χ0) is 18.5. The Balaban J connectivity index is 1.43. The number of rotatable bonds is 2. The number of furan rings is 1. The van der Waals surface area contributed by atoms with Crippen LogP contribution in [0.15, 0.2) is 15.0 Å². The first-order chi connectivity index (χ1) is 12.4. The summed E-state index contributed by atoms with van der Waals surface area (Å²) in [5, 5.41) is 4.12. The van der Waals surface area contributed by atoms with E-state index in [1.807, 2.05) is 31.7 Å². The Kier molecular flexibility index (Phi) is 4.14. The van der Waals surface area contributed by atoms with Gasteiger partial charge in [-0.25, -0.2) is 0 Å². The van der Waals surface area contributed by atoms with Crippen LogP contribution in [0.2, 0.25) is 0 Å². The van der Waals surface area contributed by atoms with Gasteiger partial charge in [0.05, 0.1) is 11.6 Å². The van der Waals surface area contributed by atoms with E-state index in [2.05, 4.69) is 22.1 Å². The number of carbonyl (C=O) groups is 1. The van der Waals surface area contributed by atoms with Crippen LogP contribution in [0.3, 0.4) is 0 Å². The third-order valence-corrected chi connectivity index (χ3v) is 5.97. The summed E-state index contributed by atoms with van der Waals surface area (Å²) < 4.78 is 10.7. The van der Waals surface area contributed by atoms with Gasteiger partial charge in [-0.2, -0.15) is 4.98 Å². The molecule has 0 radical (unpaired) electrons. The van der Waals surface area contributed by atoms with E-state index in [-0.39, 0.29) is 17.4 Å². The van der Waals surface area contributed by atoms with Gasteiger partial charge in [-0.15, -0.1) is 0 Å². The molecule has 1 spiro atoms. The van der Waals surface area contributed by atoms with E-state index in [0.717, 1.165) is 50.5 Å². The molecule has 1 unspecified atom stereocenters. The molecule has 2 aromatic rings. The minimum Gasteiger partial charge on any atom is -0.466 e. The van der Waals surface area contributed by atoms with Crippen molar-refractivity contribution in [3.05, 3.63) is 34.9 Å². The number of piperidine rings is 1. The van der Waals surface area contributed by atoms with E-state index in [1.54, 1.807) is 0 Å². The van der Waals surface area contributed by atoms with E-state index in [9.17, 15) is 4.79 Å². The maximum atomic E-state index is 12.8. The molecule has 0 saturated carbocycles. The van der Waals surface area contributed by atoms with Gasteiger partial charge in [0.1, 0.15) is 11.5 Å². The summed E-state index contributed by atoms with van der Waals surface area (Å²) in [6, 6.07) is 2.05. The van der Waals surface area contributed by atoms with Gasteiger partial charge in [-0.1, -0.05) is 5.16 Å². The smallest absolute Gasteiger partial charge is 0.257 e. The molecule has 7 heteroatoms. The average Bonchev–Trinajstić information content (AvgIpc) is 3.26. The summed E-state index contributed by atoms with van der Waals surface area (Å²) in [4.78, 5) is 21.5. The predicted molar refractivity (Wildman–Crippen MR) is 94.8 cm³/mol. The molecule has 2 aliphatic rings. The van der Waals surface area contributed by atoms with E-state index in [0.29, 0.717) is 17.2 Å². The van der Waals surface area contributed by atoms with Gasteiger partial charge in [0.15, 0.2) is 5.82 Å². The van der Waals surface area contributed by atoms with Crippen molar-refractivity contribution < 1.29 is 13.7 Å². The molecule has 0 N–H and O–H groups in total. The van der Waals surface area contributed by atoms with Gasteiger partial charge in [0.2, 0.25) is 5.89 Å². The Hall–Kier alpha value is -2.15. The lowest BCUT2D eigenvalue weighted by Crippen LogP contribution is -2.44. The number of aromatic nitrogens is 2. The standard InChI is InChI=1S/C19H26N4O3/c1-12-9-15(13(2)25-12)18(24)23-7-5-19(6-8-23)10-16(22(4)11-19)17-20-14(3)26-21-17/h9,16H,5-8,10-11H2,1-4H3. The molecule has 140 valence electrons. The molecule has 2 fully saturated rings. The minimum absolute atomic E-state index is 0.0888. The normalized spacial score (nSPS) is 23.1. The van der Waals surface area contributed by atoms with Crippen molar-refractivity contribution in [3.8, 4) is 0 Å². The van der Waals surface area contributed by atoms with E-state index < -0.39 is 0 Å². The van der Waals surface area contributed by atoms with E-state index in [4.69, 9.17) is 8.94 Å². The fourth-order valence-corrected chi connectivity index (χ4v) is 4.57. The van der Waals surface area contributed by atoms with Crippen LogP contribution in [0, 0.1) is 26.2 Å². The number of aryl methyl sites for hydroxylation is 3. The van der Waals surface area contributed by atoms with Crippen LogP contribution in [0.25, 0.3) is 0 Å². The van der Waals surface area contributed by atoms with Crippen molar-refractivity contribution >= 4 is 5.91 Å². The molecule has 2 saturated heterocycles. The number of carbonyl (C=O) groups excluding carboxylic acids is 1. The lowest BCUT2D eigenvalue weighted by Gasteiger charge is -2.39. The summed E-state index contributed by atoms with van der Waals surface area (Å²) in [6.45, 7) is 8.14. The lowest BCUT2D eigenvalue weighted by atomic mass is 9.76. The fourth-order valence-electron chi connectivity index (χ4n) is 4.57. The van der Waals surface area contributed by atoms with Crippen LogP contribution in [0.4, 0.5) is 0 Å². The second-order valence-electron chi connectivity index (χ2n) is 7.93. The third-order valence-electron chi connectivity index (χ3n) is 5.97. The highest BCUT2D eigenvalue weighted by atomic mass is 16.5. The Bertz CT molecular complexity index is 817. The van der Waals surface area contributed by atoms with Crippen LogP contribution in [0.5, 0.6) is 0 Å².